The van der Waals surface area contributed by atoms with Crippen LogP contribution in [0.2, 0.25) is 0 Å². The molecule has 0 radical (unpaired) electrons. The minimum Gasteiger partial charge on any atom is -0.497 e. The number of amides is 2. The molecule has 0 spiro atoms. The van der Waals surface area contributed by atoms with Gasteiger partial charge in [0.1, 0.15) is 16.3 Å². The van der Waals surface area contributed by atoms with E-state index in [1.807, 2.05) is 47.1 Å². The summed E-state index contributed by atoms with van der Waals surface area (Å²) in [5, 5.41) is 3.17. The summed E-state index contributed by atoms with van der Waals surface area (Å²) < 4.78 is 7.35. The van der Waals surface area contributed by atoms with E-state index in [1.165, 1.54) is 11.1 Å². The molecule has 186 valence electrons. The van der Waals surface area contributed by atoms with Gasteiger partial charge in [-0.3, -0.25) is 9.59 Å². The Morgan fingerprint density at radius 3 is 2.56 bits per heavy atom. The van der Waals surface area contributed by atoms with Gasteiger partial charge in [0.15, 0.2) is 0 Å². The number of piperazine rings is 1. The van der Waals surface area contributed by atoms with Gasteiger partial charge in [-0.2, -0.15) is 0 Å². The first-order chi connectivity index (χ1) is 17.4. The second-order valence-electron chi connectivity index (χ2n) is 9.50. The molecule has 2 aromatic heterocycles. The Kier molecular flexibility index (Phi) is 6.83. The lowest BCUT2D eigenvalue weighted by atomic mass is 10.1. The van der Waals surface area contributed by atoms with Gasteiger partial charge in [-0.1, -0.05) is 42.0 Å². The van der Waals surface area contributed by atoms with E-state index in [2.05, 4.69) is 47.2 Å². The van der Waals surface area contributed by atoms with E-state index in [9.17, 15) is 9.59 Å². The lowest BCUT2D eigenvalue weighted by molar-refractivity contribution is -0.134. The van der Waals surface area contributed by atoms with E-state index in [4.69, 9.17) is 4.74 Å². The third-order valence-corrected chi connectivity index (χ3v) is 7.85. The molecule has 0 bridgehead atoms. The van der Waals surface area contributed by atoms with E-state index in [0.717, 1.165) is 21.5 Å². The fourth-order valence-electron chi connectivity index (χ4n) is 5.00. The summed E-state index contributed by atoms with van der Waals surface area (Å²) in [7, 11) is 1.63. The fraction of sp³-hybridized carbons (Fsp3) is 0.310. The molecule has 1 fully saturated rings. The largest absolute Gasteiger partial charge is 0.497 e. The molecule has 1 aliphatic rings. The number of fused-ring (bicyclic) bond motifs is 1. The third kappa shape index (κ3) is 4.88. The highest BCUT2D eigenvalue weighted by Crippen LogP contribution is 2.28. The number of methoxy groups -OCH3 is 1. The summed E-state index contributed by atoms with van der Waals surface area (Å²) in [6.07, 6.45) is 0.345. The summed E-state index contributed by atoms with van der Waals surface area (Å²) in [5.74, 6) is 0.891. The number of carbonyl (C=O) groups is 2. The smallest absolute Gasteiger partial charge is 0.270 e. The number of aromatic nitrogens is 1. The highest BCUT2D eigenvalue weighted by Gasteiger charge is 2.31. The van der Waals surface area contributed by atoms with Crippen molar-refractivity contribution in [2.45, 2.75) is 32.9 Å². The Morgan fingerprint density at radius 1 is 1.03 bits per heavy atom. The summed E-state index contributed by atoms with van der Waals surface area (Å²) >= 11 is 1.66. The number of hydrogen-bond acceptors (Lipinski definition) is 4. The Morgan fingerprint density at radius 2 is 1.83 bits per heavy atom. The van der Waals surface area contributed by atoms with Crippen LogP contribution < -0.4 is 4.74 Å². The third-order valence-electron chi connectivity index (χ3n) is 6.89. The molecule has 0 aliphatic carbocycles. The fourth-order valence-corrected chi connectivity index (χ4v) is 5.89. The average Bonchev–Trinajstić information content (AvgIpc) is 3.46. The number of benzene rings is 2. The van der Waals surface area contributed by atoms with Crippen LogP contribution in [0, 0.1) is 6.92 Å². The van der Waals surface area contributed by atoms with E-state index in [1.54, 1.807) is 18.4 Å². The first-order valence-electron chi connectivity index (χ1n) is 12.3. The van der Waals surface area contributed by atoms with E-state index in [0.29, 0.717) is 38.3 Å². The molecule has 4 aromatic rings. The molecule has 0 N–H and O–H groups in total. The zero-order valence-electron chi connectivity index (χ0n) is 20.9. The number of hydrogen-bond donors (Lipinski definition) is 0. The summed E-state index contributed by atoms with van der Waals surface area (Å²) in [5.41, 5.74) is 4.06. The van der Waals surface area contributed by atoms with Gasteiger partial charge < -0.3 is 19.1 Å². The molecule has 2 aromatic carbocycles. The maximum Gasteiger partial charge on any atom is 0.270 e. The summed E-state index contributed by atoms with van der Waals surface area (Å²) in [4.78, 5) is 31.7. The summed E-state index contributed by atoms with van der Waals surface area (Å²) in [6, 6.07) is 20.1. The molecule has 3 heterocycles. The topological polar surface area (TPSA) is 54.8 Å². The molecule has 36 heavy (non-hydrogen) atoms. The van der Waals surface area contributed by atoms with Gasteiger partial charge in [-0.05, 0) is 54.6 Å². The van der Waals surface area contributed by atoms with Crippen molar-refractivity contribution in [3.8, 4) is 5.75 Å². The first-order valence-corrected chi connectivity index (χ1v) is 13.1. The molecule has 1 atom stereocenters. The van der Waals surface area contributed by atoms with Crippen LogP contribution in [0.15, 0.2) is 66.0 Å². The second-order valence-corrected chi connectivity index (χ2v) is 10.4. The van der Waals surface area contributed by atoms with Crippen molar-refractivity contribution in [3.63, 3.8) is 0 Å². The maximum atomic E-state index is 13.7. The lowest BCUT2D eigenvalue weighted by Gasteiger charge is -2.40. The second kappa shape index (κ2) is 10.2. The van der Waals surface area contributed by atoms with Gasteiger partial charge >= 0.3 is 0 Å². The average molecular weight is 502 g/mol. The van der Waals surface area contributed by atoms with Gasteiger partial charge in [0, 0.05) is 37.6 Å². The van der Waals surface area contributed by atoms with Gasteiger partial charge in [0.05, 0.1) is 13.5 Å². The molecule has 5 rings (SSSR count). The molecule has 1 saturated heterocycles. The normalized spacial score (nSPS) is 15.9. The van der Waals surface area contributed by atoms with E-state index < -0.39 is 0 Å². The van der Waals surface area contributed by atoms with Gasteiger partial charge in [0.25, 0.3) is 5.91 Å². The van der Waals surface area contributed by atoms with Gasteiger partial charge in [0.2, 0.25) is 5.91 Å². The number of aryl methyl sites for hydroxylation is 1. The zero-order chi connectivity index (χ0) is 25.2. The Bertz CT molecular complexity index is 1390. The highest BCUT2D eigenvalue weighted by molar-refractivity contribution is 7.16. The number of thiophene rings is 1. The minimum atomic E-state index is -0.0465. The standard InChI is InChI=1S/C29H31N3O3S/c1-20-5-4-6-23(15-20)19-32-26(17-24-11-14-36-29(24)32)28(34)30-12-13-31(21(2)18-30)27(33)16-22-7-9-25(35-3)10-8-22/h4-11,14-15,17,21H,12-13,16,18-19H2,1-3H3. The molecule has 1 unspecified atom stereocenters. The van der Waals surface area contributed by atoms with Crippen LogP contribution in [-0.2, 0) is 17.8 Å². The van der Waals surface area contributed by atoms with Crippen molar-refractivity contribution < 1.29 is 14.3 Å². The maximum absolute atomic E-state index is 13.7. The molecule has 2 amide bonds. The number of nitrogens with zero attached hydrogens (tertiary/aromatic N) is 3. The SMILES string of the molecule is COc1ccc(CC(=O)N2CCN(C(=O)c3cc4ccsc4n3Cc3cccc(C)c3)CC2C)cc1. The molecule has 7 heteroatoms. The van der Waals surface area contributed by atoms with Crippen molar-refractivity contribution in [1.82, 2.24) is 14.4 Å². The van der Waals surface area contributed by atoms with Gasteiger partial charge in [-0.25, -0.2) is 0 Å². The van der Waals surface area contributed by atoms with Crippen LogP contribution in [0.1, 0.15) is 34.1 Å². The molecular formula is C29H31N3O3S. The van der Waals surface area contributed by atoms with Crippen LogP contribution in [0.3, 0.4) is 0 Å². The Hall–Kier alpha value is -3.58. The van der Waals surface area contributed by atoms with Crippen molar-refractivity contribution in [1.29, 1.82) is 0 Å². The zero-order valence-corrected chi connectivity index (χ0v) is 21.8. The predicted molar refractivity (Wildman–Crippen MR) is 144 cm³/mol. The lowest BCUT2D eigenvalue weighted by Crippen LogP contribution is -2.56. The van der Waals surface area contributed by atoms with Crippen LogP contribution in [0.25, 0.3) is 10.2 Å². The van der Waals surface area contributed by atoms with Crippen LogP contribution in [-0.4, -0.2) is 59.0 Å². The highest BCUT2D eigenvalue weighted by atomic mass is 32.1. The summed E-state index contributed by atoms with van der Waals surface area (Å²) in [6.45, 7) is 6.35. The minimum absolute atomic E-state index is 0.0279. The van der Waals surface area contributed by atoms with Crippen LogP contribution >= 0.6 is 11.3 Å². The van der Waals surface area contributed by atoms with Gasteiger partial charge in [-0.15, -0.1) is 11.3 Å². The van der Waals surface area contributed by atoms with Crippen LogP contribution in [0.5, 0.6) is 5.75 Å². The van der Waals surface area contributed by atoms with Crippen LogP contribution in [0.4, 0.5) is 0 Å². The number of rotatable bonds is 6. The predicted octanol–water partition coefficient (Wildman–Crippen LogP) is 4.98. The van der Waals surface area contributed by atoms with Crippen molar-refractivity contribution >= 4 is 33.4 Å². The van der Waals surface area contributed by atoms with Crippen molar-refractivity contribution in [2.75, 3.05) is 26.7 Å². The van der Waals surface area contributed by atoms with E-state index in [-0.39, 0.29) is 17.9 Å². The Balaban J connectivity index is 1.30. The Labute approximate surface area is 215 Å². The number of ether oxygens (including phenoxy) is 1. The first kappa shape index (κ1) is 24.1. The quantitative estimate of drug-likeness (QED) is 0.374. The molecule has 0 saturated carbocycles. The molecular weight excluding hydrogens is 470 g/mol. The monoisotopic (exact) mass is 501 g/mol. The van der Waals surface area contributed by atoms with Crippen molar-refractivity contribution in [2.24, 2.45) is 0 Å². The molecule has 1 aliphatic heterocycles. The molecule has 6 nitrogen and oxygen atoms in total. The van der Waals surface area contributed by atoms with Crippen molar-refractivity contribution in [3.05, 3.63) is 88.4 Å². The number of carbonyl (C=O) groups excluding carboxylic acids is 2. The van der Waals surface area contributed by atoms with E-state index >= 15 is 0 Å².